The van der Waals surface area contributed by atoms with Crippen LogP contribution in [0.15, 0.2) is 11.8 Å². The molecule has 2 aliphatic heterocycles. The van der Waals surface area contributed by atoms with E-state index in [1.807, 2.05) is 5.43 Å². The summed E-state index contributed by atoms with van der Waals surface area (Å²) < 4.78 is 0. The summed E-state index contributed by atoms with van der Waals surface area (Å²) in [5.74, 6) is -2.52. The maximum absolute atomic E-state index is 11.2. The number of rotatable bonds is 1. The number of carbonyl (C=O) groups excluding carboxylic acids is 4. The van der Waals surface area contributed by atoms with Gasteiger partial charge in [0.25, 0.3) is 17.7 Å². The maximum Gasteiger partial charge on any atom is 0.290 e. The molecule has 0 atom stereocenters. The topological polar surface area (TPSA) is 110 Å². The first kappa shape index (κ1) is 9.19. The Hall–Kier alpha value is -2.38. The molecule has 2 rings (SSSR count). The Morgan fingerprint density at radius 3 is 2.60 bits per heavy atom. The molecule has 0 bridgehead atoms. The number of nitrogens with zero attached hydrogens (tertiary/aromatic N) is 2. The maximum atomic E-state index is 11.2. The Kier molecular flexibility index (Phi) is 1.89. The predicted molar refractivity (Wildman–Crippen MR) is 43.0 cm³/mol. The molecule has 0 aromatic rings. The molecule has 1 fully saturated rings. The standard InChI is InChI=1S/C7H5N4O4/c12-4-1-3(7(15)9-8-4)11-6(14)2-5(13)10-11/h1H,2H2,(H,9,15)(H,10,13). The van der Waals surface area contributed by atoms with E-state index in [0.717, 1.165) is 11.1 Å². The van der Waals surface area contributed by atoms with Gasteiger partial charge in [0.15, 0.2) is 0 Å². The molecule has 1 saturated heterocycles. The van der Waals surface area contributed by atoms with Gasteiger partial charge in [-0.25, -0.2) is 10.4 Å². The molecule has 0 aromatic heterocycles. The number of carbonyl (C=O) groups is 4. The Bertz CT molecular complexity index is 413. The SMILES string of the molecule is O=C1C=C(N2NC(=O)CC2=O)C(=O)N[N]1. The normalized spacial score (nSPS) is 20.8. The summed E-state index contributed by atoms with van der Waals surface area (Å²) in [5, 5.41) is 0.740. The molecule has 0 aromatic carbocycles. The lowest BCUT2D eigenvalue weighted by molar-refractivity contribution is -0.133. The van der Waals surface area contributed by atoms with Crippen LogP contribution in [0.1, 0.15) is 6.42 Å². The molecule has 4 amide bonds. The molecule has 2 N–H and O–H groups in total. The molecular formula is C7H5N4O4. The molecule has 1 radical (unpaired) electrons. The van der Waals surface area contributed by atoms with Gasteiger partial charge in [-0.15, -0.1) is 5.43 Å². The Labute approximate surface area is 83.2 Å². The highest BCUT2D eigenvalue weighted by Crippen LogP contribution is 2.11. The van der Waals surface area contributed by atoms with Crippen molar-refractivity contribution in [1.29, 1.82) is 0 Å². The summed E-state index contributed by atoms with van der Waals surface area (Å²) >= 11 is 0. The summed E-state index contributed by atoms with van der Waals surface area (Å²) in [7, 11) is 0. The van der Waals surface area contributed by atoms with Crippen molar-refractivity contribution in [3.05, 3.63) is 11.8 Å². The van der Waals surface area contributed by atoms with Crippen molar-refractivity contribution in [3.8, 4) is 0 Å². The first-order valence-corrected chi connectivity index (χ1v) is 3.97. The van der Waals surface area contributed by atoms with Gasteiger partial charge in [-0.3, -0.25) is 24.6 Å². The lowest BCUT2D eigenvalue weighted by Crippen LogP contribution is -2.48. The lowest BCUT2D eigenvalue weighted by Gasteiger charge is -2.19. The zero-order chi connectivity index (χ0) is 11.0. The molecule has 0 spiro atoms. The van der Waals surface area contributed by atoms with E-state index in [-0.39, 0.29) is 12.1 Å². The minimum Gasteiger partial charge on any atom is -0.273 e. The quantitative estimate of drug-likeness (QED) is 0.458. The average Bonchev–Trinajstić information content (AvgIpc) is 2.50. The molecule has 8 nitrogen and oxygen atoms in total. The minimum atomic E-state index is -0.717. The van der Waals surface area contributed by atoms with Gasteiger partial charge in [0.2, 0.25) is 5.91 Å². The van der Waals surface area contributed by atoms with Crippen molar-refractivity contribution >= 4 is 23.6 Å². The third kappa shape index (κ3) is 1.52. The van der Waals surface area contributed by atoms with Crippen LogP contribution in [0.2, 0.25) is 0 Å². The van der Waals surface area contributed by atoms with Gasteiger partial charge < -0.3 is 0 Å². The van der Waals surface area contributed by atoms with Crippen LogP contribution in [0.3, 0.4) is 0 Å². The molecule has 0 saturated carbocycles. The summed E-state index contributed by atoms with van der Waals surface area (Å²) in [5.41, 5.74) is 6.94. The van der Waals surface area contributed by atoms with E-state index in [1.54, 1.807) is 0 Å². The number of nitrogens with one attached hydrogen (secondary N) is 2. The summed E-state index contributed by atoms with van der Waals surface area (Å²) in [6.45, 7) is 0. The van der Waals surface area contributed by atoms with Gasteiger partial charge in [-0.1, -0.05) is 0 Å². The second-order valence-electron chi connectivity index (χ2n) is 2.86. The molecule has 8 heteroatoms. The number of hydrogen-bond acceptors (Lipinski definition) is 4. The van der Waals surface area contributed by atoms with Crippen LogP contribution in [0.25, 0.3) is 0 Å². The average molecular weight is 209 g/mol. The van der Waals surface area contributed by atoms with Crippen LogP contribution in [-0.2, 0) is 19.2 Å². The fraction of sp³-hybridized carbons (Fsp3) is 0.143. The van der Waals surface area contributed by atoms with Gasteiger partial charge in [0.05, 0.1) is 0 Å². The second-order valence-corrected chi connectivity index (χ2v) is 2.86. The van der Waals surface area contributed by atoms with E-state index >= 15 is 0 Å². The first-order chi connectivity index (χ1) is 7.08. The van der Waals surface area contributed by atoms with Crippen LogP contribution in [-0.4, -0.2) is 28.6 Å². The predicted octanol–water partition coefficient (Wildman–Crippen LogP) is -2.69. The van der Waals surface area contributed by atoms with Crippen LogP contribution < -0.4 is 16.3 Å². The van der Waals surface area contributed by atoms with Crippen LogP contribution >= 0.6 is 0 Å². The molecule has 2 heterocycles. The van der Waals surface area contributed by atoms with E-state index in [0.29, 0.717) is 0 Å². The van der Waals surface area contributed by atoms with Crippen molar-refractivity contribution < 1.29 is 19.2 Å². The molecule has 77 valence electrons. The smallest absolute Gasteiger partial charge is 0.273 e. The van der Waals surface area contributed by atoms with Crippen molar-refractivity contribution in [2.24, 2.45) is 0 Å². The van der Waals surface area contributed by atoms with Crippen molar-refractivity contribution in [2.75, 3.05) is 0 Å². The fourth-order valence-corrected chi connectivity index (χ4v) is 1.18. The second kappa shape index (κ2) is 3.08. The van der Waals surface area contributed by atoms with Crippen LogP contribution in [0.5, 0.6) is 0 Å². The number of hydrazine groups is 1. The summed E-state index contributed by atoms with van der Waals surface area (Å²) in [4.78, 5) is 44.1. The molecular weight excluding hydrogens is 204 g/mol. The van der Waals surface area contributed by atoms with Gasteiger partial charge in [0, 0.05) is 6.08 Å². The van der Waals surface area contributed by atoms with Gasteiger partial charge in [-0.2, -0.15) is 0 Å². The lowest BCUT2D eigenvalue weighted by atomic mass is 10.3. The first-order valence-electron chi connectivity index (χ1n) is 3.97. The van der Waals surface area contributed by atoms with Gasteiger partial charge in [0.1, 0.15) is 12.1 Å². The number of amides is 4. The van der Waals surface area contributed by atoms with E-state index in [4.69, 9.17) is 0 Å². The third-order valence-corrected chi connectivity index (χ3v) is 1.80. The number of hydrogen-bond donors (Lipinski definition) is 2. The summed E-state index contributed by atoms with van der Waals surface area (Å²) in [6, 6.07) is 0. The largest absolute Gasteiger partial charge is 0.290 e. The van der Waals surface area contributed by atoms with E-state index in [9.17, 15) is 19.2 Å². The molecule has 0 unspecified atom stereocenters. The van der Waals surface area contributed by atoms with Gasteiger partial charge >= 0.3 is 0 Å². The van der Waals surface area contributed by atoms with E-state index in [2.05, 4.69) is 10.9 Å². The van der Waals surface area contributed by atoms with Crippen molar-refractivity contribution in [3.63, 3.8) is 0 Å². The van der Waals surface area contributed by atoms with E-state index < -0.39 is 23.6 Å². The van der Waals surface area contributed by atoms with Gasteiger partial charge in [-0.05, 0) is 0 Å². The highest BCUT2D eigenvalue weighted by Gasteiger charge is 2.35. The van der Waals surface area contributed by atoms with Crippen LogP contribution in [0, 0.1) is 0 Å². The molecule has 15 heavy (non-hydrogen) atoms. The van der Waals surface area contributed by atoms with Crippen molar-refractivity contribution in [1.82, 2.24) is 21.3 Å². The van der Waals surface area contributed by atoms with E-state index in [1.165, 1.54) is 0 Å². The molecule has 0 aliphatic carbocycles. The monoisotopic (exact) mass is 209 g/mol. The van der Waals surface area contributed by atoms with Crippen molar-refractivity contribution in [2.45, 2.75) is 6.42 Å². The Morgan fingerprint density at radius 2 is 2.00 bits per heavy atom. The molecule has 2 aliphatic rings. The zero-order valence-corrected chi connectivity index (χ0v) is 7.31. The fourth-order valence-electron chi connectivity index (χ4n) is 1.18. The highest BCUT2D eigenvalue weighted by atomic mass is 16.2. The summed E-state index contributed by atoms with van der Waals surface area (Å²) in [6.07, 6.45) is 0.540. The van der Waals surface area contributed by atoms with Crippen LogP contribution in [0.4, 0.5) is 0 Å². The Balaban J connectivity index is 2.30. The zero-order valence-electron chi connectivity index (χ0n) is 7.31. The minimum absolute atomic E-state index is 0.231. The Morgan fingerprint density at radius 1 is 1.27 bits per heavy atom. The third-order valence-electron chi connectivity index (χ3n) is 1.80. The highest BCUT2D eigenvalue weighted by molar-refractivity contribution is 6.11.